The van der Waals surface area contributed by atoms with Crippen molar-refractivity contribution < 1.29 is 14.3 Å². The van der Waals surface area contributed by atoms with Crippen LogP contribution in [0, 0.1) is 0 Å². The average molecular weight is 402 g/mol. The normalized spacial score (nSPS) is 14.2. The van der Waals surface area contributed by atoms with Gasteiger partial charge in [-0.1, -0.05) is 37.1 Å². The zero-order valence-corrected chi connectivity index (χ0v) is 17.0. The van der Waals surface area contributed by atoms with Crippen molar-refractivity contribution in [1.29, 1.82) is 0 Å². The van der Waals surface area contributed by atoms with Crippen molar-refractivity contribution in [3.8, 4) is 5.75 Å². The van der Waals surface area contributed by atoms with Gasteiger partial charge in [0.15, 0.2) is 0 Å². The number of imide groups is 1. The second kappa shape index (κ2) is 10.2. The summed E-state index contributed by atoms with van der Waals surface area (Å²) in [4.78, 5) is 27.7. The molecular weight excluding hydrogens is 374 g/mol. The maximum atomic E-state index is 12.5. The van der Waals surface area contributed by atoms with Crippen molar-refractivity contribution in [1.82, 2.24) is 15.5 Å². The molecule has 0 radical (unpaired) electrons. The fourth-order valence-corrected chi connectivity index (χ4v) is 4.27. The standard InChI is InChI=1S/C21H27N3O3S/c1-27-19-11-5-2-7-16(19)13-24(14-18-10-6-12-28-18)15-20(25)23-21(26)22-17-8-3-4-9-17/h2,5-7,10-12,17H,3-4,8-9,13-15H2,1H3,(H2,22,23,25,26). The minimum atomic E-state index is -0.398. The van der Waals surface area contributed by atoms with E-state index in [1.54, 1.807) is 18.4 Å². The molecular formula is C21H27N3O3S. The van der Waals surface area contributed by atoms with Gasteiger partial charge in [-0.15, -0.1) is 11.3 Å². The zero-order valence-electron chi connectivity index (χ0n) is 16.1. The summed E-state index contributed by atoms with van der Waals surface area (Å²) in [7, 11) is 1.64. The third kappa shape index (κ3) is 6.07. The topological polar surface area (TPSA) is 70.7 Å². The molecule has 3 rings (SSSR count). The molecule has 28 heavy (non-hydrogen) atoms. The van der Waals surface area contributed by atoms with Crippen LogP contribution >= 0.6 is 11.3 Å². The molecule has 1 aliphatic rings. The number of urea groups is 1. The van der Waals surface area contributed by atoms with Crippen molar-refractivity contribution in [3.63, 3.8) is 0 Å². The van der Waals surface area contributed by atoms with E-state index in [4.69, 9.17) is 4.74 Å². The maximum absolute atomic E-state index is 12.5. The first-order chi connectivity index (χ1) is 13.6. The zero-order chi connectivity index (χ0) is 19.8. The van der Waals surface area contributed by atoms with E-state index in [9.17, 15) is 9.59 Å². The third-order valence-corrected chi connectivity index (χ3v) is 5.72. The van der Waals surface area contributed by atoms with Gasteiger partial charge in [0, 0.05) is 29.6 Å². The van der Waals surface area contributed by atoms with E-state index < -0.39 is 6.03 Å². The Morgan fingerprint density at radius 1 is 1.14 bits per heavy atom. The highest BCUT2D eigenvalue weighted by atomic mass is 32.1. The monoisotopic (exact) mass is 401 g/mol. The average Bonchev–Trinajstić information content (AvgIpc) is 3.36. The van der Waals surface area contributed by atoms with Crippen molar-refractivity contribution in [2.45, 2.75) is 44.8 Å². The lowest BCUT2D eigenvalue weighted by Gasteiger charge is -2.22. The molecule has 1 fully saturated rings. The fourth-order valence-electron chi connectivity index (χ4n) is 3.53. The van der Waals surface area contributed by atoms with Crippen LogP contribution in [0.4, 0.5) is 4.79 Å². The number of nitrogens with zero attached hydrogens (tertiary/aromatic N) is 1. The number of rotatable bonds is 8. The molecule has 6 nitrogen and oxygen atoms in total. The minimum absolute atomic E-state index is 0.133. The molecule has 1 saturated carbocycles. The maximum Gasteiger partial charge on any atom is 0.321 e. The molecule has 2 N–H and O–H groups in total. The van der Waals surface area contributed by atoms with Crippen molar-refractivity contribution in [3.05, 3.63) is 52.2 Å². The van der Waals surface area contributed by atoms with Crippen LogP contribution in [-0.2, 0) is 17.9 Å². The number of ether oxygens (including phenoxy) is 1. The summed E-state index contributed by atoms with van der Waals surface area (Å²) in [5.41, 5.74) is 1.00. The van der Waals surface area contributed by atoms with Gasteiger partial charge in [0.25, 0.3) is 0 Å². The van der Waals surface area contributed by atoms with Gasteiger partial charge >= 0.3 is 6.03 Å². The number of hydrogen-bond acceptors (Lipinski definition) is 5. The number of carbonyl (C=O) groups excluding carboxylic acids is 2. The number of benzene rings is 1. The van der Waals surface area contributed by atoms with Crippen LogP contribution in [0.2, 0.25) is 0 Å². The molecule has 7 heteroatoms. The molecule has 2 aromatic rings. The summed E-state index contributed by atoms with van der Waals surface area (Å²) in [6.45, 7) is 1.32. The van der Waals surface area contributed by atoms with Crippen molar-refractivity contribution in [2.75, 3.05) is 13.7 Å². The van der Waals surface area contributed by atoms with Gasteiger partial charge in [-0.2, -0.15) is 0 Å². The number of amides is 3. The number of hydrogen-bond donors (Lipinski definition) is 2. The Kier molecular flexibility index (Phi) is 7.45. The fraction of sp³-hybridized carbons (Fsp3) is 0.429. The van der Waals surface area contributed by atoms with Crippen molar-refractivity contribution >= 4 is 23.3 Å². The molecule has 1 aliphatic carbocycles. The number of methoxy groups -OCH3 is 1. The van der Waals surface area contributed by atoms with Gasteiger partial charge in [0.1, 0.15) is 5.75 Å². The quantitative estimate of drug-likeness (QED) is 0.710. The number of thiophene rings is 1. The molecule has 1 aromatic carbocycles. The van der Waals surface area contributed by atoms with E-state index in [2.05, 4.69) is 10.6 Å². The molecule has 0 atom stereocenters. The molecule has 150 valence electrons. The van der Waals surface area contributed by atoms with E-state index in [1.807, 2.05) is 46.7 Å². The minimum Gasteiger partial charge on any atom is -0.496 e. The van der Waals surface area contributed by atoms with Crippen LogP contribution in [0.25, 0.3) is 0 Å². The lowest BCUT2D eigenvalue weighted by atomic mass is 10.2. The van der Waals surface area contributed by atoms with Crippen LogP contribution in [0.5, 0.6) is 5.75 Å². The van der Waals surface area contributed by atoms with E-state index in [0.29, 0.717) is 13.1 Å². The van der Waals surface area contributed by atoms with Crippen molar-refractivity contribution in [2.24, 2.45) is 0 Å². The van der Waals surface area contributed by atoms with Crippen LogP contribution in [-0.4, -0.2) is 36.5 Å². The Labute approximate surface area is 169 Å². The number of carbonyl (C=O) groups is 2. The van der Waals surface area contributed by atoms with Crippen LogP contribution in [0.1, 0.15) is 36.1 Å². The van der Waals surface area contributed by atoms with Gasteiger partial charge in [-0.3, -0.25) is 15.0 Å². The molecule has 0 bridgehead atoms. The van der Waals surface area contributed by atoms with E-state index in [-0.39, 0.29) is 18.5 Å². The predicted octanol–water partition coefficient (Wildman–Crippen LogP) is 3.53. The third-order valence-electron chi connectivity index (χ3n) is 4.86. The lowest BCUT2D eigenvalue weighted by Crippen LogP contribution is -2.46. The largest absolute Gasteiger partial charge is 0.496 e. The summed E-state index contributed by atoms with van der Waals surface area (Å²) < 4.78 is 5.44. The Morgan fingerprint density at radius 3 is 2.64 bits per heavy atom. The van der Waals surface area contributed by atoms with E-state index in [0.717, 1.165) is 41.9 Å². The van der Waals surface area contributed by atoms with Gasteiger partial charge in [-0.25, -0.2) is 4.79 Å². The summed E-state index contributed by atoms with van der Waals surface area (Å²) in [5.74, 6) is 0.486. The van der Waals surface area contributed by atoms with Crippen LogP contribution in [0.3, 0.4) is 0 Å². The molecule has 0 saturated heterocycles. The lowest BCUT2D eigenvalue weighted by molar-refractivity contribution is -0.121. The summed E-state index contributed by atoms with van der Waals surface area (Å²) in [6, 6.07) is 11.6. The highest BCUT2D eigenvalue weighted by Crippen LogP contribution is 2.21. The van der Waals surface area contributed by atoms with Crippen LogP contribution < -0.4 is 15.4 Å². The number of para-hydroxylation sites is 1. The Morgan fingerprint density at radius 2 is 1.93 bits per heavy atom. The summed E-state index contributed by atoms with van der Waals surface area (Å²) in [6.07, 6.45) is 4.23. The first kappa shape index (κ1) is 20.4. The Hall–Kier alpha value is -2.38. The van der Waals surface area contributed by atoms with E-state index in [1.165, 1.54) is 0 Å². The van der Waals surface area contributed by atoms with Gasteiger partial charge in [0.2, 0.25) is 5.91 Å². The second-order valence-electron chi connectivity index (χ2n) is 7.04. The molecule has 3 amide bonds. The van der Waals surface area contributed by atoms with Gasteiger partial charge in [-0.05, 0) is 30.4 Å². The van der Waals surface area contributed by atoms with Gasteiger partial charge < -0.3 is 10.1 Å². The Balaban J connectivity index is 1.61. The second-order valence-corrected chi connectivity index (χ2v) is 8.07. The summed E-state index contributed by atoms with van der Waals surface area (Å²) in [5, 5.41) is 7.38. The molecule has 0 spiro atoms. The Bertz CT molecular complexity index is 773. The van der Waals surface area contributed by atoms with Gasteiger partial charge in [0.05, 0.1) is 13.7 Å². The molecule has 0 unspecified atom stereocenters. The highest BCUT2D eigenvalue weighted by molar-refractivity contribution is 7.09. The predicted molar refractivity (Wildman–Crippen MR) is 110 cm³/mol. The van der Waals surface area contributed by atoms with E-state index >= 15 is 0 Å². The SMILES string of the molecule is COc1ccccc1CN(CC(=O)NC(=O)NC1CCCC1)Cc1cccs1. The molecule has 1 heterocycles. The molecule has 0 aliphatic heterocycles. The molecule has 1 aromatic heterocycles. The first-order valence-electron chi connectivity index (χ1n) is 9.61. The first-order valence-corrected chi connectivity index (χ1v) is 10.5. The summed E-state index contributed by atoms with van der Waals surface area (Å²) >= 11 is 1.65. The smallest absolute Gasteiger partial charge is 0.321 e. The number of nitrogens with one attached hydrogen (secondary N) is 2. The van der Waals surface area contributed by atoms with Crippen LogP contribution in [0.15, 0.2) is 41.8 Å². The highest BCUT2D eigenvalue weighted by Gasteiger charge is 2.20.